The number of hydrogen-bond donors (Lipinski definition) is 1. The monoisotopic (exact) mass is 286 g/mol. The highest BCUT2D eigenvalue weighted by atomic mass is 19.1. The first-order valence-corrected chi connectivity index (χ1v) is 7.45. The van der Waals surface area contributed by atoms with Gasteiger partial charge in [0.05, 0.1) is 12.2 Å². The lowest BCUT2D eigenvalue weighted by molar-refractivity contribution is 0.540. The Bertz CT molecular complexity index is 599. The van der Waals surface area contributed by atoms with Crippen molar-refractivity contribution in [2.24, 2.45) is 0 Å². The third kappa shape index (κ3) is 3.48. The quantitative estimate of drug-likeness (QED) is 0.889. The van der Waals surface area contributed by atoms with Crippen LogP contribution in [0.15, 0.2) is 30.6 Å². The summed E-state index contributed by atoms with van der Waals surface area (Å²) in [4.78, 5) is 3.86. The van der Waals surface area contributed by atoms with Gasteiger partial charge in [0.2, 0.25) is 0 Å². The number of hydrogen-bond acceptors (Lipinski definition) is 2. The van der Waals surface area contributed by atoms with Crippen molar-refractivity contribution in [2.75, 3.05) is 6.54 Å². The molecule has 3 heteroatoms. The maximum absolute atomic E-state index is 14.2. The van der Waals surface area contributed by atoms with E-state index in [0.717, 1.165) is 13.0 Å². The summed E-state index contributed by atoms with van der Waals surface area (Å²) in [5.74, 6) is -0.259. The van der Waals surface area contributed by atoms with Gasteiger partial charge in [0, 0.05) is 11.8 Å². The molecule has 1 aromatic carbocycles. The molecule has 1 aromatic heterocycles. The van der Waals surface area contributed by atoms with E-state index in [-0.39, 0.29) is 11.9 Å². The minimum Gasteiger partial charge on any atom is -0.306 e. The van der Waals surface area contributed by atoms with Gasteiger partial charge in [0.25, 0.3) is 0 Å². The summed E-state index contributed by atoms with van der Waals surface area (Å²) in [5.41, 5.74) is 5.44. The van der Waals surface area contributed by atoms with E-state index in [4.69, 9.17) is 0 Å². The van der Waals surface area contributed by atoms with Crippen LogP contribution in [0, 0.1) is 26.6 Å². The van der Waals surface area contributed by atoms with Gasteiger partial charge in [-0.1, -0.05) is 24.6 Å². The number of halogens is 1. The lowest BCUT2D eigenvalue weighted by Crippen LogP contribution is -2.25. The number of rotatable bonds is 5. The molecular weight excluding hydrogens is 263 g/mol. The average molecular weight is 286 g/mol. The molecule has 21 heavy (non-hydrogen) atoms. The molecule has 2 nitrogen and oxygen atoms in total. The fourth-order valence-electron chi connectivity index (χ4n) is 2.92. The first-order chi connectivity index (χ1) is 10.0. The second-order valence-corrected chi connectivity index (χ2v) is 5.60. The van der Waals surface area contributed by atoms with Crippen LogP contribution < -0.4 is 5.32 Å². The molecule has 0 aliphatic heterocycles. The van der Waals surface area contributed by atoms with Gasteiger partial charge in [-0.25, -0.2) is 4.39 Å². The van der Waals surface area contributed by atoms with Crippen molar-refractivity contribution in [1.29, 1.82) is 0 Å². The van der Waals surface area contributed by atoms with Crippen molar-refractivity contribution < 1.29 is 4.39 Å². The Hall–Kier alpha value is -1.74. The predicted octanol–water partition coefficient (Wildman–Crippen LogP) is 4.23. The Morgan fingerprint density at radius 1 is 1.19 bits per heavy atom. The minimum absolute atomic E-state index is 0.131. The number of aryl methyl sites for hydroxylation is 3. The zero-order valence-electron chi connectivity index (χ0n) is 13.2. The van der Waals surface area contributed by atoms with E-state index in [1.54, 1.807) is 12.3 Å². The van der Waals surface area contributed by atoms with Crippen LogP contribution in [0.25, 0.3) is 0 Å². The number of nitrogens with zero attached hydrogens (tertiary/aromatic N) is 1. The zero-order valence-corrected chi connectivity index (χ0v) is 13.2. The van der Waals surface area contributed by atoms with Gasteiger partial charge in [0.15, 0.2) is 0 Å². The van der Waals surface area contributed by atoms with Crippen molar-refractivity contribution in [2.45, 2.75) is 40.2 Å². The number of pyridine rings is 1. The van der Waals surface area contributed by atoms with Gasteiger partial charge >= 0.3 is 0 Å². The lowest BCUT2D eigenvalue weighted by Gasteiger charge is -2.24. The minimum atomic E-state index is -0.259. The highest BCUT2D eigenvalue weighted by molar-refractivity contribution is 5.44. The van der Waals surface area contributed by atoms with E-state index in [2.05, 4.69) is 50.1 Å². The first kappa shape index (κ1) is 15.6. The molecule has 0 spiro atoms. The van der Waals surface area contributed by atoms with Gasteiger partial charge < -0.3 is 5.32 Å². The molecule has 0 fully saturated rings. The SMILES string of the molecule is CCCNC(c1ccncc1F)c1c(C)cc(C)cc1C. The van der Waals surface area contributed by atoms with Crippen LogP contribution in [0.1, 0.15) is 47.2 Å². The number of nitrogens with one attached hydrogen (secondary N) is 1. The van der Waals surface area contributed by atoms with Crippen LogP contribution in [-0.4, -0.2) is 11.5 Å². The molecule has 1 atom stereocenters. The van der Waals surface area contributed by atoms with Crippen LogP contribution in [-0.2, 0) is 0 Å². The van der Waals surface area contributed by atoms with E-state index in [9.17, 15) is 4.39 Å². The van der Waals surface area contributed by atoms with Crippen molar-refractivity contribution >= 4 is 0 Å². The molecule has 0 saturated heterocycles. The van der Waals surface area contributed by atoms with Crippen molar-refractivity contribution in [3.63, 3.8) is 0 Å². The van der Waals surface area contributed by atoms with Gasteiger partial charge in [-0.3, -0.25) is 4.98 Å². The second-order valence-electron chi connectivity index (χ2n) is 5.60. The average Bonchev–Trinajstić information content (AvgIpc) is 2.42. The number of aromatic nitrogens is 1. The summed E-state index contributed by atoms with van der Waals surface area (Å²) in [6.07, 6.45) is 3.94. The first-order valence-electron chi connectivity index (χ1n) is 7.45. The van der Waals surface area contributed by atoms with Crippen LogP contribution in [0.5, 0.6) is 0 Å². The Balaban J connectivity index is 2.54. The van der Waals surface area contributed by atoms with Crippen molar-refractivity contribution in [3.8, 4) is 0 Å². The summed E-state index contributed by atoms with van der Waals surface area (Å²) in [6, 6.07) is 5.94. The van der Waals surface area contributed by atoms with E-state index in [1.165, 1.54) is 28.5 Å². The Morgan fingerprint density at radius 2 is 1.86 bits per heavy atom. The molecule has 2 rings (SSSR count). The Morgan fingerprint density at radius 3 is 2.43 bits per heavy atom. The molecule has 1 heterocycles. The van der Waals surface area contributed by atoms with Gasteiger partial charge in [-0.2, -0.15) is 0 Å². The van der Waals surface area contributed by atoms with Crippen LogP contribution in [0.3, 0.4) is 0 Å². The van der Waals surface area contributed by atoms with Crippen LogP contribution in [0.4, 0.5) is 4.39 Å². The molecule has 1 unspecified atom stereocenters. The Labute approximate surface area is 126 Å². The third-order valence-corrected chi connectivity index (χ3v) is 3.74. The largest absolute Gasteiger partial charge is 0.306 e. The maximum Gasteiger partial charge on any atom is 0.146 e. The predicted molar refractivity (Wildman–Crippen MR) is 85.0 cm³/mol. The van der Waals surface area contributed by atoms with Crippen LogP contribution in [0.2, 0.25) is 0 Å². The van der Waals surface area contributed by atoms with E-state index in [0.29, 0.717) is 5.56 Å². The zero-order chi connectivity index (χ0) is 15.4. The van der Waals surface area contributed by atoms with E-state index >= 15 is 0 Å². The fraction of sp³-hybridized carbons (Fsp3) is 0.389. The molecule has 1 N–H and O–H groups in total. The summed E-state index contributed by atoms with van der Waals surface area (Å²) >= 11 is 0. The molecule has 0 bridgehead atoms. The van der Waals surface area contributed by atoms with Crippen molar-refractivity contribution in [3.05, 3.63) is 64.2 Å². The highest BCUT2D eigenvalue weighted by Gasteiger charge is 2.21. The molecule has 112 valence electrons. The molecule has 0 amide bonds. The summed E-state index contributed by atoms with van der Waals surface area (Å²) < 4.78 is 14.2. The van der Waals surface area contributed by atoms with Gasteiger partial charge in [0.1, 0.15) is 5.82 Å². The summed E-state index contributed by atoms with van der Waals surface area (Å²) in [6.45, 7) is 9.23. The summed E-state index contributed by atoms with van der Waals surface area (Å²) in [5, 5.41) is 3.48. The fourth-order valence-corrected chi connectivity index (χ4v) is 2.92. The highest BCUT2D eigenvalue weighted by Crippen LogP contribution is 2.30. The second kappa shape index (κ2) is 6.81. The molecule has 0 radical (unpaired) electrons. The maximum atomic E-state index is 14.2. The summed E-state index contributed by atoms with van der Waals surface area (Å²) in [7, 11) is 0. The lowest BCUT2D eigenvalue weighted by atomic mass is 9.90. The van der Waals surface area contributed by atoms with Crippen molar-refractivity contribution in [1.82, 2.24) is 10.3 Å². The third-order valence-electron chi connectivity index (χ3n) is 3.74. The van der Waals surface area contributed by atoms with E-state index in [1.807, 2.05) is 0 Å². The standard InChI is InChI=1S/C18H23FN2/c1-5-7-21-18(15-6-8-20-11-16(15)19)17-13(3)9-12(2)10-14(17)4/h6,8-11,18,21H,5,7H2,1-4H3. The molecule has 0 saturated carbocycles. The van der Waals surface area contributed by atoms with E-state index < -0.39 is 0 Å². The molecule has 0 aliphatic carbocycles. The topological polar surface area (TPSA) is 24.9 Å². The molecule has 0 aliphatic rings. The normalized spacial score (nSPS) is 12.4. The van der Waals surface area contributed by atoms with Gasteiger partial charge in [-0.05, 0) is 56.5 Å². The Kier molecular flexibility index (Phi) is 5.07. The van der Waals surface area contributed by atoms with Crippen LogP contribution >= 0.6 is 0 Å². The molecule has 2 aromatic rings. The smallest absolute Gasteiger partial charge is 0.146 e. The number of benzene rings is 1. The van der Waals surface area contributed by atoms with Gasteiger partial charge in [-0.15, -0.1) is 0 Å². The molecular formula is C18H23FN2.